The van der Waals surface area contributed by atoms with Crippen LogP contribution in [0.25, 0.3) is 0 Å². The molecule has 1 saturated carbocycles. The van der Waals surface area contributed by atoms with Crippen molar-refractivity contribution < 1.29 is 23.9 Å². The fraction of sp³-hybridized carbons (Fsp3) is 0.500. The van der Waals surface area contributed by atoms with Gasteiger partial charge < -0.3 is 19.7 Å². The molecule has 186 valence electrons. The molecule has 1 spiro atoms. The Bertz CT molecular complexity index is 1150. The Labute approximate surface area is 209 Å². The number of thiophene rings is 1. The first kappa shape index (κ1) is 23.7. The zero-order chi connectivity index (χ0) is 24.8. The zero-order valence-corrected chi connectivity index (χ0v) is 21.2. The molecule has 2 fully saturated rings. The van der Waals surface area contributed by atoms with Crippen molar-refractivity contribution >= 4 is 34.9 Å². The summed E-state index contributed by atoms with van der Waals surface area (Å²) in [6.07, 6.45) is 2.16. The predicted octanol–water partition coefficient (Wildman–Crippen LogP) is 4.19. The average molecular weight is 498 g/mol. The van der Waals surface area contributed by atoms with Crippen LogP contribution in [-0.4, -0.2) is 48.0 Å². The number of hydrogen-bond donors (Lipinski definition) is 1. The summed E-state index contributed by atoms with van der Waals surface area (Å²) >= 11 is 1.54. The van der Waals surface area contributed by atoms with Crippen molar-refractivity contribution in [1.29, 1.82) is 0 Å². The highest BCUT2D eigenvalue weighted by Crippen LogP contribution is 2.46. The van der Waals surface area contributed by atoms with Crippen molar-refractivity contribution in [3.05, 3.63) is 40.6 Å². The third-order valence-corrected chi connectivity index (χ3v) is 7.81. The lowest BCUT2D eigenvalue weighted by Crippen LogP contribution is -2.54. The highest BCUT2D eigenvalue weighted by atomic mass is 32.1. The highest BCUT2D eigenvalue weighted by molar-refractivity contribution is 7.09. The fourth-order valence-corrected chi connectivity index (χ4v) is 6.64. The number of fused-ring (bicyclic) bond motifs is 1. The van der Waals surface area contributed by atoms with Gasteiger partial charge in [-0.05, 0) is 54.2 Å². The average Bonchev–Trinajstić information content (AvgIpc) is 3.38. The molecule has 0 unspecified atom stereocenters. The maximum atomic E-state index is 13.6. The van der Waals surface area contributed by atoms with E-state index in [9.17, 15) is 14.4 Å². The monoisotopic (exact) mass is 497 g/mol. The van der Waals surface area contributed by atoms with Gasteiger partial charge in [-0.25, -0.2) is 4.79 Å². The molecule has 9 heteroatoms. The van der Waals surface area contributed by atoms with Crippen molar-refractivity contribution in [2.24, 2.45) is 11.3 Å². The molecular formula is C26H31N3O5S. The quantitative estimate of drug-likeness (QED) is 0.626. The largest absolute Gasteiger partial charge is 0.486 e. The second-order valence-electron chi connectivity index (χ2n) is 10.6. The van der Waals surface area contributed by atoms with Gasteiger partial charge in [0.05, 0.1) is 6.54 Å². The summed E-state index contributed by atoms with van der Waals surface area (Å²) in [5.74, 6) is 0.873. The van der Waals surface area contributed by atoms with Crippen molar-refractivity contribution in [2.45, 2.75) is 52.1 Å². The van der Waals surface area contributed by atoms with E-state index in [1.807, 2.05) is 17.5 Å². The van der Waals surface area contributed by atoms with Gasteiger partial charge in [0.2, 0.25) is 5.91 Å². The molecule has 3 aliphatic rings. The van der Waals surface area contributed by atoms with Gasteiger partial charge in [-0.3, -0.25) is 14.5 Å². The minimum absolute atomic E-state index is 0.0724. The second kappa shape index (κ2) is 8.86. The smallest absolute Gasteiger partial charge is 0.325 e. The van der Waals surface area contributed by atoms with Crippen LogP contribution in [0, 0.1) is 11.3 Å². The maximum absolute atomic E-state index is 13.6. The number of hydrogen-bond acceptors (Lipinski definition) is 6. The molecule has 1 aromatic carbocycles. The predicted molar refractivity (Wildman–Crippen MR) is 133 cm³/mol. The van der Waals surface area contributed by atoms with E-state index in [4.69, 9.17) is 9.47 Å². The van der Waals surface area contributed by atoms with E-state index in [2.05, 4.69) is 26.1 Å². The molecule has 4 amide bonds. The van der Waals surface area contributed by atoms with Crippen molar-refractivity contribution in [3.8, 4) is 11.5 Å². The van der Waals surface area contributed by atoms with E-state index in [1.54, 1.807) is 34.4 Å². The Balaban J connectivity index is 1.40. The van der Waals surface area contributed by atoms with Crippen LogP contribution in [0.15, 0.2) is 35.7 Å². The minimum atomic E-state index is -0.936. The summed E-state index contributed by atoms with van der Waals surface area (Å²) in [5.41, 5.74) is -0.382. The summed E-state index contributed by atoms with van der Waals surface area (Å²) in [5, 5.41) is 4.91. The van der Waals surface area contributed by atoms with Crippen LogP contribution in [0.3, 0.4) is 0 Å². The Morgan fingerprint density at radius 1 is 1.17 bits per heavy atom. The standard InChI is InChI=1S/C26H31N3O5S/c1-17-12-25(2,3)16-26(13-17)23(31)29(24(32)27-26)15-22(30)28(14-19-5-4-10-35-19)18-6-7-20-21(11-18)34-9-8-33-20/h4-7,10-11,17H,8-9,12-16H2,1-3H3,(H,27,32)/t17-,26+/m1/s1. The third-order valence-electron chi connectivity index (χ3n) is 6.95. The summed E-state index contributed by atoms with van der Waals surface area (Å²) in [4.78, 5) is 43.9. The van der Waals surface area contributed by atoms with E-state index in [-0.39, 0.29) is 23.8 Å². The molecule has 8 nitrogen and oxygen atoms in total. The van der Waals surface area contributed by atoms with Gasteiger partial charge in [0, 0.05) is 16.6 Å². The van der Waals surface area contributed by atoms with Gasteiger partial charge in [0.15, 0.2) is 11.5 Å². The van der Waals surface area contributed by atoms with Crippen LogP contribution in [0.5, 0.6) is 11.5 Å². The van der Waals surface area contributed by atoms with Crippen molar-refractivity contribution in [2.75, 3.05) is 24.7 Å². The van der Waals surface area contributed by atoms with Crippen LogP contribution < -0.4 is 19.7 Å². The molecule has 1 aliphatic carbocycles. The maximum Gasteiger partial charge on any atom is 0.325 e. The Hall–Kier alpha value is -3.07. The van der Waals surface area contributed by atoms with Gasteiger partial charge in [0.25, 0.3) is 5.91 Å². The van der Waals surface area contributed by atoms with Crippen LogP contribution >= 0.6 is 11.3 Å². The molecule has 0 bridgehead atoms. The molecule has 3 heterocycles. The van der Waals surface area contributed by atoms with E-state index >= 15 is 0 Å². The molecule has 1 aromatic heterocycles. The SMILES string of the molecule is C[C@@H]1CC(C)(C)C[C@]2(C1)NC(=O)N(CC(=O)N(Cc1cccs1)c1ccc3c(c1)OCCO3)C2=O. The molecule has 2 atom stereocenters. The minimum Gasteiger partial charge on any atom is -0.486 e. The third kappa shape index (κ3) is 4.61. The number of nitrogens with zero attached hydrogens (tertiary/aromatic N) is 2. The number of ether oxygens (including phenoxy) is 2. The Morgan fingerprint density at radius 2 is 1.94 bits per heavy atom. The topological polar surface area (TPSA) is 88.2 Å². The second-order valence-corrected chi connectivity index (χ2v) is 11.7. The molecule has 5 rings (SSSR count). The summed E-state index contributed by atoms with van der Waals surface area (Å²) < 4.78 is 11.3. The number of anilines is 1. The molecule has 0 radical (unpaired) electrons. The number of rotatable bonds is 5. The van der Waals surface area contributed by atoms with Gasteiger partial charge in [0.1, 0.15) is 25.3 Å². The van der Waals surface area contributed by atoms with Crippen molar-refractivity contribution in [3.63, 3.8) is 0 Å². The van der Waals surface area contributed by atoms with Crippen LogP contribution in [0.4, 0.5) is 10.5 Å². The van der Waals surface area contributed by atoms with E-state index in [0.717, 1.165) is 16.2 Å². The molecule has 2 aromatic rings. The first-order valence-electron chi connectivity index (χ1n) is 12.0. The zero-order valence-electron chi connectivity index (χ0n) is 20.3. The molecule has 1 saturated heterocycles. The molecule has 2 aliphatic heterocycles. The number of benzene rings is 1. The normalized spacial score (nSPS) is 25.0. The number of carbonyl (C=O) groups is 3. The summed E-state index contributed by atoms with van der Waals surface area (Å²) in [6, 6.07) is 8.76. The first-order valence-corrected chi connectivity index (χ1v) is 12.9. The lowest BCUT2D eigenvalue weighted by Gasteiger charge is -2.43. The van der Waals surface area contributed by atoms with E-state index in [0.29, 0.717) is 55.7 Å². The van der Waals surface area contributed by atoms with Gasteiger partial charge in [-0.15, -0.1) is 11.3 Å². The summed E-state index contributed by atoms with van der Waals surface area (Å²) in [7, 11) is 0. The number of imide groups is 1. The number of nitrogens with one attached hydrogen (secondary N) is 1. The number of amides is 4. The lowest BCUT2D eigenvalue weighted by molar-refractivity contribution is -0.137. The molecular weight excluding hydrogens is 466 g/mol. The van der Waals surface area contributed by atoms with Crippen LogP contribution in [0.1, 0.15) is 44.9 Å². The Kier molecular flexibility index (Phi) is 5.99. The van der Waals surface area contributed by atoms with Crippen LogP contribution in [0.2, 0.25) is 0 Å². The van der Waals surface area contributed by atoms with E-state index < -0.39 is 11.6 Å². The van der Waals surface area contributed by atoms with Gasteiger partial charge >= 0.3 is 6.03 Å². The van der Waals surface area contributed by atoms with Gasteiger partial charge in [-0.2, -0.15) is 0 Å². The van der Waals surface area contributed by atoms with Crippen molar-refractivity contribution in [1.82, 2.24) is 10.2 Å². The first-order chi connectivity index (χ1) is 16.7. The highest BCUT2D eigenvalue weighted by Gasteiger charge is 2.56. The fourth-order valence-electron chi connectivity index (χ4n) is 5.95. The Morgan fingerprint density at radius 3 is 2.66 bits per heavy atom. The van der Waals surface area contributed by atoms with Crippen LogP contribution in [-0.2, 0) is 16.1 Å². The van der Waals surface area contributed by atoms with Gasteiger partial charge in [-0.1, -0.05) is 26.8 Å². The summed E-state index contributed by atoms with van der Waals surface area (Å²) in [6.45, 7) is 7.29. The lowest BCUT2D eigenvalue weighted by atomic mass is 9.64. The molecule has 35 heavy (non-hydrogen) atoms. The molecule has 1 N–H and O–H groups in total. The number of urea groups is 1. The number of carbonyl (C=O) groups excluding carboxylic acids is 3. The van der Waals surface area contributed by atoms with E-state index in [1.165, 1.54) is 0 Å².